The van der Waals surface area contributed by atoms with Crippen LogP contribution in [0.4, 0.5) is 8.78 Å². The summed E-state index contributed by atoms with van der Waals surface area (Å²) in [5, 5.41) is 3.14. The average Bonchev–Trinajstić information content (AvgIpc) is 2.22. The van der Waals surface area contributed by atoms with Crippen molar-refractivity contribution >= 4 is 10.8 Å². The molecule has 1 rings (SSSR count). The molecule has 1 N–H and O–H groups in total. The second kappa shape index (κ2) is 6.81. The topological polar surface area (TPSA) is 29.1 Å². The van der Waals surface area contributed by atoms with Gasteiger partial charge in [0.2, 0.25) is 0 Å². The number of hydrogen-bond donors (Lipinski definition) is 1. The second-order valence-corrected chi connectivity index (χ2v) is 5.56. The Labute approximate surface area is 103 Å². The Kier molecular flexibility index (Phi) is 5.71. The lowest BCUT2D eigenvalue weighted by Gasteiger charge is -2.14. The van der Waals surface area contributed by atoms with Crippen LogP contribution in [0.2, 0.25) is 0 Å². The zero-order valence-corrected chi connectivity index (χ0v) is 10.8. The third-order valence-electron chi connectivity index (χ3n) is 2.44. The molecule has 2 unspecified atom stereocenters. The Morgan fingerprint density at radius 2 is 1.88 bits per heavy atom. The molecule has 0 saturated carbocycles. The predicted molar refractivity (Wildman–Crippen MR) is 66.3 cm³/mol. The van der Waals surface area contributed by atoms with E-state index < -0.39 is 22.4 Å². The van der Waals surface area contributed by atoms with E-state index in [1.165, 1.54) is 12.1 Å². The molecule has 1 aromatic carbocycles. The van der Waals surface area contributed by atoms with E-state index in [0.717, 1.165) is 12.5 Å². The molecule has 17 heavy (non-hydrogen) atoms. The van der Waals surface area contributed by atoms with Crippen LogP contribution in [0.3, 0.4) is 0 Å². The first-order valence-electron chi connectivity index (χ1n) is 5.48. The molecule has 0 aromatic heterocycles. The van der Waals surface area contributed by atoms with Crippen molar-refractivity contribution < 1.29 is 13.0 Å². The van der Waals surface area contributed by atoms with Crippen molar-refractivity contribution in [2.75, 3.05) is 18.6 Å². The molecule has 0 aliphatic carbocycles. The lowest BCUT2D eigenvalue weighted by atomic mass is 10.1. The van der Waals surface area contributed by atoms with Crippen molar-refractivity contribution in [3.05, 3.63) is 35.4 Å². The summed E-state index contributed by atoms with van der Waals surface area (Å²) in [5.41, 5.74) is 0.583. The molecule has 0 amide bonds. The predicted octanol–water partition coefficient (Wildman–Crippen LogP) is 2.38. The molecule has 0 saturated heterocycles. The van der Waals surface area contributed by atoms with Gasteiger partial charge in [0.05, 0.1) is 0 Å². The van der Waals surface area contributed by atoms with Crippen LogP contribution >= 0.6 is 0 Å². The highest BCUT2D eigenvalue weighted by molar-refractivity contribution is 7.84. The Bertz CT molecular complexity index is 378. The zero-order valence-electron chi connectivity index (χ0n) is 10.0. The summed E-state index contributed by atoms with van der Waals surface area (Å²) < 4.78 is 36.8. The molecule has 2 nitrogen and oxygen atoms in total. The van der Waals surface area contributed by atoms with Gasteiger partial charge in [-0.3, -0.25) is 4.21 Å². The van der Waals surface area contributed by atoms with Gasteiger partial charge >= 0.3 is 0 Å². The Balaban J connectivity index is 2.46. The average molecular weight is 261 g/mol. The molecule has 0 radical (unpaired) electrons. The number of nitrogens with one attached hydrogen (secondary N) is 1. The monoisotopic (exact) mass is 261 g/mol. The molecule has 5 heteroatoms. The number of benzene rings is 1. The summed E-state index contributed by atoms with van der Waals surface area (Å²) in [7, 11) is -0.792. The molecule has 0 fully saturated rings. The van der Waals surface area contributed by atoms with Crippen LogP contribution in [0.1, 0.15) is 24.9 Å². The fourth-order valence-electron chi connectivity index (χ4n) is 1.54. The van der Waals surface area contributed by atoms with Crippen LogP contribution in [-0.2, 0) is 10.8 Å². The van der Waals surface area contributed by atoms with Crippen molar-refractivity contribution in [1.82, 2.24) is 5.32 Å². The van der Waals surface area contributed by atoms with Gasteiger partial charge in [-0.25, -0.2) is 8.78 Å². The molecule has 2 atom stereocenters. The summed E-state index contributed by atoms with van der Waals surface area (Å²) in [6.45, 7) is 2.52. The first-order valence-corrected chi connectivity index (χ1v) is 7.21. The van der Waals surface area contributed by atoms with Gasteiger partial charge in [0.15, 0.2) is 0 Å². The maximum Gasteiger partial charge on any atom is 0.126 e. The van der Waals surface area contributed by atoms with E-state index in [4.69, 9.17) is 0 Å². The van der Waals surface area contributed by atoms with Gasteiger partial charge in [-0.05, 0) is 37.6 Å². The largest absolute Gasteiger partial charge is 0.310 e. The zero-order chi connectivity index (χ0) is 12.8. The van der Waals surface area contributed by atoms with E-state index in [0.29, 0.717) is 17.9 Å². The van der Waals surface area contributed by atoms with Gasteiger partial charge < -0.3 is 5.32 Å². The van der Waals surface area contributed by atoms with E-state index in [1.54, 1.807) is 6.26 Å². The highest BCUT2D eigenvalue weighted by atomic mass is 32.2. The molecule has 0 spiro atoms. The van der Waals surface area contributed by atoms with Crippen LogP contribution in [-0.4, -0.2) is 22.8 Å². The van der Waals surface area contributed by atoms with Gasteiger partial charge in [0.25, 0.3) is 0 Å². The molecule has 0 heterocycles. The van der Waals surface area contributed by atoms with Gasteiger partial charge in [-0.15, -0.1) is 0 Å². The highest BCUT2D eigenvalue weighted by Gasteiger charge is 2.07. The lowest BCUT2D eigenvalue weighted by molar-refractivity contribution is 0.544. The van der Waals surface area contributed by atoms with Crippen molar-refractivity contribution in [2.45, 2.75) is 19.4 Å². The van der Waals surface area contributed by atoms with E-state index in [1.807, 2.05) is 6.92 Å². The lowest BCUT2D eigenvalue weighted by Crippen LogP contribution is -2.21. The minimum Gasteiger partial charge on any atom is -0.310 e. The van der Waals surface area contributed by atoms with E-state index in [9.17, 15) is 13.0 Å². The standard InChI is InChI=1S/C12H17F2NOS/c1-9(15-4-3-5-17(2)16)10-6-11(13)8-12(14)7-10/h6-9,15H,3-5H2,1-2H3. The smallest absolute Gasteiger partial charge is 0.126 e. The number of halogens is 2. The van der Waals surface area contributed by atoms with Crippen molar-refractivity contribution in [3.63, 3.8) is 0 Å². The molecule has 1 aromatic rings. The Morgan fingerprint density at radius 1 is 1.29 bits per heavy atom. The van der Waals surface area contributed by atoms with Crippen LogP contribution < -0.4 is 5.32 Å². The highest BCUT2D eigenvalue weighted by Crippen LogP contribution is 2.15. The van der Waals surface area contributed by atoms with E-state index >= 15 is 0 Å². The maximum atomic E-state index is 13.0. The van der Waals surface area contributed by atoms with E-state index in [-0.39, 0.29) is 6.04 Å². The minimum absolute atomic E-state index is 0.120. The van der Waals surface area contributed by atoms with Gasteiger partial charge in [0, 0.05) is 34.9 Å². The summed E-state index contributed by atoms with van der Waals surface area (Å²) in [4.78, 5) is 0. The molecular formula is C12H17F2NOS. The fourth-order valence-corrected chi connectivity index (χ4v) is 2.09. The summed E-state index contributed by atoms with van der Waals surface area (Å²) in [6, 6.07) is 3.37. The third-order valence-corrected chi connectivity index (χ3v) is 3.31. The van der Waals surface area contributed by atoms with Crippen molar-refractivity contribution in [3.8, 4) is 0 Å². The SMILES string of the molecule is CC(NCCCS(C)=O)c1cc(F)cc(F)c1. The molecular weight excluding hydrogens is 244 g/mol. The van der Waals surface area contributed by atoms with Crippen molar-refractivity contribution in [1.29, 1.82) is 0 Å². The normalized spacial score (nSPS) is 14.6. The summed E-state index contributed by atoms with van der Waals surface area (Å²) in [5.74, 6) is -0.497. The summed E-state index contributed by atoms with van der Waals surface area (Å²) in [6.07, 6.45) is 2.44. The van der Waals surface area contributed by atoms with Gasteiger partial charge in [0.1, 0.15) is 11.6 Å². The molecule has 96 valence electrons. The minimum atomic E-state index is -0.792. The maximum absolute atomic E-state index is 13.0. The van der Waals surface area contributed by atoms with Crippen LogP contribution in [0.25, 0.3) is 0 Å². The van der Waals surface area contributed by atoms with Crippen molar-refractivity contribution in [2.24, 2.45) is 0 Å². The summed E-state index contributed by atoms with van der Waals surface area (Å²) >= 11 is 0. The molecule has 0 aliphatic rings. The van der Waals surface area contributed by atoms with Gasteiger partial charge in [-0.1, -0.05) is 0 Å². The first-order chi connectivity index (χ1) is 7.99. The quantitative estimate of drug-likeness (QED) is 0.797. The second-order valence-electron chi connectivity index (χ2n) is 4.01. The first kappa shape index (κ1) is 14.3. The van der Waals surface area contributed by atoms with Crippen LogP contribution in [0.5, 0.6) is 0 Å². The van der Waals surface area contributed by atoms with Crippen LogP contribution in [0.15, 0.2) is 18.2 Å². The number of hydrogen-bond acceptors (Lipinski definition) is 2. The Hall–Kier alpha value is -0.810. The fraction of sp³-hybridized carbons (Fsp3) is 0.500. The Morgan fingerprint density at radius 3 is 2.41 bits per heavy atom. The number of rotatable bonds is 6. The van der Waals surface area contributed by atoms with Crippen LogP contribution in [0, 0.1) is 11.6 Å². The van der Waals surface area contributed by atoms with Gasteiger partial charge in [-0.2, -0.15) is 0 Å². The third kappa shape index (κ3) is 5.37. The van der Waals surface area contributed by atoms with E-state index in [2.05, 4.69) is 5.32 Å². The molecule has 0 aliphatic heterocycles. The molecule has 0 bridgehead atoms.